The molecule has 2 rings (SSSR count). The number of nitrogens with zero attached hydrogens (tertiary/aromatic N) is 2. The van der Waals surface area contributed by atoms with Gasteiger partial charge < -0.3 is 20.3 Å². The van der Waals surface area contributed by atoms with E-state index < -0.39 is 11.7 Å². The fraction of sp³-hybridized carbons (Fsp3) is 0.556. The lowest BCUT2D eigenvalue weighted by molar-refractivity contribution is -0.137. The van der Waals surface area contributed by atoms with Crippen molar-refractivity contribution >= 4 is 35.8 Å². The first kappa shape index (κ1) is 24.3. The van der Waals surface area contributed by atoms with E-state index in [0.29, 0.717) is 24.8 Å². The van der Waals surface area contributed by atoms with Crippen molar-refractivity contribution in [1.82, 2.24) is 15.5 Å². The van der Waals surface area contributed by atoms with Crippen LogP contribution in [-0.2, 0) is 11.0 Å². The number of benzene rings is 1. The van der Waals surface area contributed by atoms with Crippen molar-refractivity contribution in [3.63, 3.8) is 0 Å². The van der Waals surface area contributed by atoms with Crippen LogP contribution in [0.1, 0.15) is 25.3 Å². The molecule has 6 nitrogen and oxygen atoms in total. The summed E-state index contributed by atoms with van der Waals surface area (Å²) in [5, 5.41) is 6.07. The molecule has 0 radical (unpaired) electrons. The lowest BCUT2D eigenvalue weighted by atomic mass is 10.2. The van der Waals surface area contributed by atoms with Crippen molar-refractivity contribution in [2.75, 3.05) is 39.3 Å². The van der Waals surface area contributed by atoms with Gasteiger partial charge in [0.05, 0.1) is 12.1 Å². The van der Waals surface area contributed by atoms with Gasteiger partial charge in [-0.3, -0.25) is 4.79 Å². The van der Waals surface area contributed by atoms with E-state index >= 15 is 0 Å². The molecule has 0 saturated carbocycles. The molecule has 1 aliphatic heterocycles. The summed E-state index contributed by atoms with van der Waals surface area (Å²) >= 11 is 0. The molecule has 1 heterocycles. The van der Waals surface area contributed by atoms with Crippen LogP contribution in [0, 0.1) is 0 Å². The largest absolute Gasteiger partial charge is 0.492 e. The van der Waals surface area contributed by atoms with Gasteiger partial charge in [-0.2, -0.15) is 13.2 Å². The molecule has 1 aromatic rings. The Balaban J connectivity index is 0.00000392. The number of carbonyl (C=O) groups is 1. The van der Waals surface area contributed by atoms with Crippen LogP contribution in [0.2, 0.25) is 0 Å². The number of alkyl halides is 3. The van der Waals surface area contributed by atoms with Crippen LogP contribution in [0.4, 0.5) is 13.2 Å². The first-order valence-corrected chi connectivity index (χ1v) is 9.00. The second-order valence-corrected chi connectivity index (χ2v) is 6.08. The van der Waals surface area contributed by atoms with Crippen LogP contribution in [0.15, 0.2) is 29.3 Å². The Morgan fingerprint density at radius 3 is 2.39 bits per heavy atom. The molecular weight excluding hydrogens is 488 g/mol. The molecule has 10 heteroatoms. The van der Waals surface area contributed by atoms with Gasteiger partial charge in [-0.05, 0) is 44.0 Å². The minimum Gasteiger partial charge on any atom is -0.492 e. The Bertz CT molecular complexity index is 633. The number of ether oxygens (including phenoxy) is 1. The highest BCUT2D eigenvalue weighted by Crippen LogP contribution is 2.30. The quantitative estimate of drug-likeness (QED) is 0.254. The van der Waals surface area contributed by atoms with Gasteiger partial charge in [-0.15, -0.1) is 24.0 Å². The van der Waals surface area contributed by atoms with Gasteiger partial charge in [-0.25, -0.2) is 4.99 Å². The van der Waals surface area contributed by atoms with Crippen LogP contribution >= 0.6 is 24.0 Å². The van der Waals surface area contributed by atoms with Crippen molar-refractivity contribution in [2.45, 2.75) is 25.9 Å². The van der Waals surface area contributed by atoms with E-state index in [1.807, 2.05) is 6.92 Å². The molecular formula is C18H26F3IN4O2. The summed E-state index contributed by atoms with van der Waals surface area (Å²) in [6.45, 7) is 4.86. The Hall–Kier alpha value is -1.72. The SMILES string of the molecule is CCNC(=NCC(=O)N1CCCC1)NCCOc1ccc(C(F)(F)F)cc1.I. The maximum absolute atomic E-state index is 12.5. The predicted octanol–water partition coefficient (Wildman–Crippen LogP) is 2.88. The number of likely N-dealkylation sites (tertiary alicyclic amines) is 1. The Morgan fingerprint density at radius 2 is 1.82 bits per heavy atom. The Labute approximate surface area is 179 Å². The number of guanidine groups is 1. The summed E-state index contributed by atoms with van der Waals surface area (Å²) in [5.41, 5.74) is -0.711. The van der Waals surface area contributed by atoms with E-state index in [-0.39, 0.29) is 43.0 Å². The summed E-state index contributed by atoms with van der Waals surface area (Å²) in [7, 11) is 0. The summed E-state index contributed by atoms with van der Waals surface area (Å²) < 4.78 is 43.0. The van der Waals surface area contributed by atoms with Gasteiger partial charge in [0.15, 0.2) is 5.96 Å². The van der Waals surface area contributed by atoms with Crippen molar-refractivity contribution in [3.05, 3.63) is 29.8 Å². The molecule has 0 unspecified atom stereocenters. The first-order chi connectivity index (χ1) is 12.9. The monoisotopic (exact) mass is 514 g/mol. The van der Waals surface area contributed by atoms with E-state index in [0.717, 1.165) is 38.1 Å². The molecule has 0 bridgehead atoms. The van der Waals surface area contributed by atoms with Crippen molar-refractivity contribution in [1.29, 1.82) is 0 Å². The van der Waals surface area contributed by atoms with Gasteiger partial charge in [0.25, 0.3) is 0 Å². The maximum atomic E-state index is 12.5. The number of hydrogen-bond donors (Lipinski definition) is 2. The molecule has 0 spiro atoms. The minimum atomic E-state index is -4.36. The molecule has 1 aliphatic rings. The fourth-order valence-electron chi connectivity index (χ4n) is 2.63. The number of halogens is 4. The Morgan fingerprint density at radius 1 is 1.18 bits per heavy atom. The standard InChI is InChI=1S/C18H25F3N4O2.HI/c1-2-22-17(24-13-16(26)25-10-3-4-11-25)23-9-12-27-15-7-5-14(6-8-15)18(19,20)21;/h5-8H,2-4,9-13H2,1H3,(H2,22,23,24);1H. The molecule has 0 atom stereocenters. The number of rotatable bonds is 7. The summed E-state index contributed by atoms with van der Waals surface area (Å²) in [6, 6.07) is 4.55. The maximum Gasteiger partial charge on any atom is 0.416 e. The van der Waals surface area contributed by atoms with E-state index in [1.165, 1.54) is 12.1 Å². The number of amides is 1. The van der Waals surface area contributed by atoms with E-state index in [1.54, 1.807) is 4.90 Å². The third kappa shape index (κ3) is 8.11. The van der Waals surface area contributed by atoms with E-state index in [2.05, 4.69) is 15.6 Å². The third-order valence-corrected chi connectivity index (χ3v) is 4.02. The van der Waals surface area contributed by atoms with Crippen molar-refractivity contribution in [2.24, 2.45) is 4.99 Å². The topological polar surface area (TPSA) is 66.0 Å². The highest BCUT2D eigenvalue weighted by atomic mass is 127. The summed E-state index contributed by atoms with van der Waals surface area (Å²) in [5.74, 6) is 0.864. The zero-order valence-electron chi connectivity index (χ0n) is 15.7. The molecule has 1 saturated heterocycles. The van der Waals surface area contributed by atoms with Crippen LogP contribution < -0.4 is 15.4 Å². The van der Waals surface area contributed by atoms with Crippen molar-refractivity contribution in [3.8, 4) is 5.75 Å². The second kappa shape index (κ2) is 12.0. The molecule has 1 amide bonds. The number of nitrogens with one attached hydrogen (secondary N) is 2. The van der Waals surface area contributed by atoms with Crippen molar-refractivity contribution < 1.29 is 22.7 Å². The average molecular weight is 514 g/mol. The average Bonchev–Trinajstić information content (AvgIpc) is 3.17. The minimum absolute atomic E-state index is 0. The molecule has 1 fully saturated rings. The lowest BCUT2D eigenvalue weighted by Gasteiger charge is -2.15. The van der Waals surface area contributed by atoms with E-state index in [9.17, 15) is 18.0 Å². The zero-order valence-corrected chi connectivity index (χ0v) is 18.0. The molecule has 2 N–H and O–H groups in total. The molecule has 0 aliphatic carbocycles. The summed E-state index contributed by atoms with van der Waals surface area (Å²) in [4.78, 5) is 18.1. The first-order valence-electron chi connectivity index (χ1n) is 9.00. The zero-order chi connectivity index (χ0) is 19.7. The van der Waals surface area contributed by atoms with Crippen LogP contribution in [0.3, 0.4) is 0 Å². The number of aliphatic imine (C=N–C) groups is 1. The number of carbonyl (C=O) groups excluding carboxylic acids is 1. The Kier molecular flexibility index (Phi) is 10.4. The molecule has 28 heavy (non-hydrogen) atoms. The van der Waals surface area contributed by atoms with Crippen LogP contribution in [0.5, 0.6) is 5.75 Å². The molecule has 0 aromatic heterocycles. The van der Waals surface area contributed by atoms with Gasteiger partial charge in [0.2, 0.25) is 5.91 Å². The lowest BCUT2D eigenvalue weighted by Crippen LogP contribution is -2.40. The molecule has 1 aromatic carbocycles. The van der Waals surface area contributed by atoms with E-state index in [4.69, 9.17) is 4.74 Å². The van der Waals surface area contributed by atoms with Crippen LogP contribution in [0.25, 0.3) is 0 Å². The number of hydrogen-bond acceptors (Lipinski definition) is 3. The van der Waals surface area contributed by atoms with Gasteiger partial charge in [0.1, 0.15) is 18.9 Å². The van der Waals surface area contributed by atoms with Crippen LogP contribution in [-0.4, -0.2) is 56.1 Å². The smallest absolute Gasteiger partial charge is 0.416 e. The van der Waals surface area contributed by atoms with Gasteiger partial charge in [0, 0.05) is 19.6 Å². The third-order valence-electron chi connectivity index (χ3n) is 4.02. The predicted molar refractivity (Wildman–Crippen MR) is 112 cm³/mol. The fourth-order valence-corrected chi connectivity index (χ4v) is 2.63. The van der Waals surface area contributed by atoms with Gasteiger partial charge in [-0.1, -0.05) is 0 Å². The highest BCUT2D eigenvalue weighted by Gasteiger charge is 2.30. The second-order valence-electron chi connectivity index (χ2n) is 6.08. The molecule has 158 valence electrons. The van der Waals surface area contributed by atoms with Gasteiger partial charge >= 0.3 is 6.18 Å². The highest BCUT2D eigenvalue weighted by molar-refractivity contribution is 14.0. The summed E-state index contributed by atoms with van der Waals surface area (Å²) in [6.07, 6.45) is -2.28. The normalized spacial score (nSPS) is 14.4.